The first-order valence-corrected chi connectivity index (χ1v) is 7.01. The highest BCUT2D eigenvalue weighted by Crippen LogP contribution is 2.40. The molecular weight excluding hydrogens is 254 g/mol. The lowest BCUT2D eigenvalue weighted by Gasteiger charge is -2.07. The van der Waals surface area contributed by atoms with Crippen LogP contribution in [0.1, 0.15) is 30.1 Å². The molecule has 2 heterocycles. The van der Waals surface area contributed by atoms with Crippen LogP contribution in [0.2, 0.25) is 0 Å². The molecule has 1 aliphatic carbocycles. The Kier molecular flexibility index (Phi) is 2.71. The number of nitrogens with two attached hydrogens (primary N) is 1. The predicted octanol–water partition coefficient (Wildman–Crippen LogP) is 2.25. The summed E-state index contributed by atoms with van der Waals surface area (Å²) in [5, 5.41) is 8.72. The van der Waals surface area contributed by atoms with Gasteiger partial charge in [-0.05, 0) is 31.5 Å². The molecule has 7 heteroatoms. The molecule has 0 bridgehead atoms. The first-order valence-electron chi connectivity index (χ1n) is 5.32. The minimum Gasteiger partial charge on any atom is -0.383 e. The predicted molar refractivity (Wildman–Crippen MR) is 67.2 cm³/mol. The molecule has 1 saturated carbocycles. The standard InChI is InChI=1S/C10H11N5S2/c1-5-7(11)13-8(6-2-3-6)14-9(5)17-10-15-12-4-16-10/h4,6H,2-3H2,1H3,(H2,11,13,14). The van der Waals surface area contributed by atoms with Gasteiger partial charge in [0.25, 0.3) is 0 Å². The van der Waals surface area contributed by atoms with E-state index in [2.05, 4.69) is 20.2 Å². The minimum atomic E-state index is 0.506. The summed E-state index contributed by atoms with van der Waals surface area (Å²) >= 11 is 3.01. The van der Waals surface area contributed by atoms with Crippen LogP contribution in [0.5, 0.6) is 0 Å². The molecule has 3 rings (SSSR count). The summed E-state index contributed by atoms with van der Waals surface area (Å²) in [4.78, 5) is 8.93. The molecule has 17 heavy (non-hydrogen) atoms. The van der Waals surface area contributed by atoms with Crippen LogP contribution in [0.15, 0.2) is 14.9 Å². The molecule has 0 radical (unpaired) electrons. The first-order chi connectivity index (χ1) is 8.24. The summed E-state index contributed by atoms with van der Waals surface area (Å²) in [7, 11) is 0. The number of rotatable bonds is 3. The van der Waals surface area contributed by atoms with E-state index in [1.165, 1.54) is 35.9 Å². The molecule has 5 nitrogen and oxygen atoms in total. The molecule has 0 atom stereocenters. The van der Waals surface area contributed by atoms with E-state index in [0.717, 1.165) is 20.8 Å². The molecular formula is C10H11N5S2. The van der Waals surface area contributed by atoms with Crippen LogP contribution in [0, 0.1) is 6.92 Å². The molecule has 2 aromatic rings. The highest BCUT2D eigenvalue weighted by atomic mass is 32.2. The molecule has 2 aromatic heterocycles. The topological polar surface area (TPSA) is 77.6 Å². The molecule has 0 aliphatic heterocycles. The van der Waals surface area contributed by atoms with Crippen molar-refractivity contribution >= 4 is 28.9 Å². The Morgan fingerprint density at radius 1 is 1.41 bits per heavy atom. The average Bonchev–Trinajstić information content (AvgIpc) is 3.04. The third-order valence-electron chi connectivity index (χ3n) is 2.62. The zero-order chi connectivity index (χ0) is 11.8. The van der Waals surface area contributed by atoms with Crippen LogP contribution < -0.4 is 5.73 Å². The largest absolute Gasteiger partial charge is 0.383 e. The number of aromatic nitrogens is 4. The van der Waals surface area contributed by atoms with Crippen molar-refractivity contribution in [1.29, 1.82) is 0 Å². The molecule has 1 fully saturated rings. The van der Waals surface area contributed by atoms with Gasteiger partial charge in [0.1, 0.15) is 22.2 Å². The normalized spacial score (nSPS) is 15.1. The second kappa shape index (κ2) is 4.23. The van der Waals surface area contributed by atoms with E-state index in [-0.39, 0.29) is 0 Å². The van der Waals surface area contributed by atoms with Crippen molar-refractivity contribution < 1.29 is 0 Å². The summed E-state index contributed by atoms with van der Waals surface area (Å²) in [5.41, 5.74) is 8.56. The molecule has 0 unspecified atom stereocenters. The van der Waals surface area contributed by atoms with Gasteiger partial charge in [0, 0.05) is 11.5 Å². The summed E-state index contributed by atoms with van der Waals surface area (Å²) < 4.78 is 0.882. The van der Waals surface area contributed by atoms with Crippen molar-refractivity contribution in [3.05, 3.63) is 16.9 Å². The van der Waals surface area contributed by atoms with Gasteiger partial charge < -0.3 is 5.73 Å². The summed E-state index contributed by atoms with van der Waals surface area (Å²) in [5.74, 6) is 1.96. The molecule has 0 spiro atoms. The fraction of sp³-hybridized carbons (Fsp3) is 0.400. The van der Waals surface area contributed by atoms with Crippen LogP contribution in [-0.4, -0.2) is 20.2 Å². The summed E-state index contributed by atoms with van der Waals surface area (Å²) in [6, 6.07) is 0. The zero-order valence-corrected chi connectivity index (χ0v) is 10.9. The van der Waals surface area contributed by atoms with E-state index in [1.807, 2.05) is 6.92 Å². The lowest BCUT2D eigenvalue weighted by molar-refractivity contribution is 0.867. The Morgan fingerprint density at radius 3 is 2.88 bits per heavy atom. The molecule has 0 aromatic carbocycles. The van der Waals surface area contributed by atoms with Crippen molar-refractivity contribution in [3.63, 3.8) is 0 Å². The average molecular weight is 265 g/mol. The third kappa shape index (κ3) is 2.25. The lowest BCUT2D eigenvalue weighted by Crippen LogP contribution is -2.03. The fourth-order valence-corrected chi connectivity index (χ4v) is 2.93. The third-order valence-corrected chi connectivity index (χ3v) is 4.49. The molecule has 2 N–H and O–H groups in total. The maximum atomic E-state index is 5.92. The van der Waals surface area contributed by atoms with Gasteiger partial charge in [0.15, 0.2) is 4.34 Å². The monoisotopic (exact) mass is 265 g/mol. The second-order valence-corrected chi connectivity index (χ2v) is 6.05. The molecule has 0 saturated heterocycles. The summed E-state index contributed by atoms with van der Waals surface area (Å²) in [6.07, 6.45) is 2.34. The van der Waals surface area contributed by atoms with E-state index < -0.39 is 0 Å². The maximum Gasteiger partial charge on any atom is 0.180 e. The number of nitrogen functional groups attached to an aromatic ring is 1. The van der Waals surface area contributed by atoms with Gasteiger partial charge in [-0.3, -0.25) is 0 Å². The van der Waals surface area contributed by atoms with Crippen molar-refractivity contribution in [3.8, 4) is 0 Å². The number of nitrogens with zero attached hydrogens (tertiary/aromatic N) is 4. The Labute approximate surface area is 107 Å². The smallest absolute Gasteiger partial charge is 0.180 e. The highest BCUT2D eigenvalue weighted by molar-refractivity contribution is 8.01. The Balaban J connectivity index is 1.96. The van der Waals surface area contributed by atoms with Crippen molar-refractivity contribution in [2.45, 2.75) is 35.0 Å². The van der Waals surface area contributed by atoms with E-state index in [9.17, 15) is 0 Å². The lowest BCUT2D eigenvalue weighted by atomic mass is 10.3. The number of hydrogen-bond donors (Lipinski definition) is 1. The van der Waals surface area contributed by atoms with Crippen LogP contribution >= 0.6 is 23.1 Å². The fourth-order valence-electron chi connectivity index (χ4n) is 1.44. The Bertz CT molecular complexity index is 536. The number of hydrogen-bond acceptors (Lipinski definition) is 7. The number of anilines is 1. The van der Waals surface area contributed by atoms with Gasteiger partial charge in [-0.2, -0.15) is 0 Å². The Morgan fingerprint density at radius 2 is 2.24 bits per heavy atom. The van der Waals surface area contributed by atoms with Crippen LogP contribution in [0.3, 0.4) is 0 Å². The highest BCUT2D eigenvalue weighted by Gasteiger charge is 2.28. The van der Waals surface area contributed by atoms with Gasteiger partial charge >= 0.3 is 0 Å². The zero-order valence-electron chi connectivity index (χ0n) is 9.25. The minimum absolute atomic E-state index is 0.506. The van der Waals surface area contributed by atoms with E-state index in [1.54, 1.807) is 5.51 Å². The van der Waals surface area contributed by atoms with Crippen LogP contribution in [0.4, 0.5) is 5.82 Å². The van der Waals surface area contributed by atoms with Crippen LogP contribution in [0.25, 0.3) is 0 Å². The van der Waals surface area contributed by atoms with E-state index >= 15 is 0 Å². The SMILES string of the molecule is Cc1c(N)nc(C2CC2)nc1Sc1nncs1. The van der Waals surface area contributed by atoms with Crippen molar-refractivity contribution in [2.24, 2.45) is 0 Å². The first kappa shape index (κ1) is 10.9. The second-order valence-electron chi connectivity index (χ2n) is 3.98. The maximum absolute atomic E-state index is 5.92. The van der Waals surface area contributed by atoms with Crippen LogP contribution in [-0.2, 0) is 0 Å². The van der Waals surface area contributed by atoms with Gasteiger partial charge in [-0.15, -0.1) is 10.2 Å². The van der Waals surface area contributed by atoms with Gasteiger partial charge in [-0.1, -0.05) is 11.3 Å². The summed E-state index contributed by atoms with van der Waals surface area (Å²) in [6.45, 7) is 1.94. The molecule has 88 valence electrons. The van der Waals surface area contributed by atoms with Gasteiger partial charge in [0.05, 0.1) is 0 Å². The molecule has 1 aliphatic rings. The van der Waals surface area contributed by atoms with Crippen molar-refractivity contribution in [2.75, 3.05) is 5.73 Å². The van der Waals surface area contributed by atoms with Gasteiger partial charge in [-0.25, -0.2) is 9.97 Å². The Hall–Kier alpha value is -1.21. The van der Waals surface area contributed by atoms with Gasteiger partial charge in [0.2, 0.25) is 0 Å². The van der Waals surface area contributed by atoms with E-state index in [4.69, 9.17) is 5.73 Å². The van der Waals surface area contributed by atoms with Crippen molar-refractivity contribution in [1.82, 2.24) is 20.2 Å². The molecule has 0 amide bonds. The quantitative estimate of drug-likeness (QED) is 0.858. The van der Waals surface area contributed by atoms with E-state index in [0.29, 0.717) is 11.7 Å².